The van der Waals surface area contributed by atoms with Crippen LogP contribution in [0, 0.1) is 19.3 Å². The van der Waals surface area contributed by atoms with Crippen LogP contribution in [0.2, 0.25) is 5.02 Å². The van der Waals surface area contributed by atoms with Crippen LogP contribution >= 0.6 is 11.6 Å². The van der Waals surface area contributed by atoms with E-state index in [1.165, 1.54) is 0 Å². The van der Waals surface area contributed by atoms with E-state index < -0.39 is 0 Å². The third kappa shape index (κ3) is 6.59. The fraction of sp³-hybridized carbons (Fsp3) is 0.593. The normalized spacial score (nSPS) is 18.3. The molecule has 36 heavy (non-hydrogen) atoms. The van der Waals surface area contributed by atoms with Crippen LogP contribution in [0.15, 0.2) is 28.8 Å². The van der Waals surface area contributed by atoms with Crippen LogP contribution in [0.1, 0.15) is 42.7 Å². The number of amides is 2. The number of likely N-dealkylation sites (N-methyl/N-ethyl adjacent to an activating group) is 1. The highest BCUT2D eigenvalue weighted by Gasteiger charge is 2.40. The van der Waals surface area contributed by atoms with E-state index in [-0.39, 0.29) is 17.2 Å². The van der Waals surface area contributed by atoms with Gasteiger partial charge >= 0.3 is 0 Å². The van der Waals surface area contributed by atoms with Crippen molar-refractivity contribution in [2.75, 3.05) is 52.9 Å². The lowest BCUT2D eigenvalue weighted by Gasteiger charge is -2.43. The molecule has 3 heterocycles. The average molecular weight is 517 g/mol. The molecule has 2 aliphatic heterocycles. The maximum absolute atomic E-state index is 13.3. The number of rotatable bonds is 8. The summed E-state index contributed by atoms with van der Waals surface area (Å²) in [5.74, 6) is 1.83. The second-order valence-corrected chi connectivity index (χ2v) is 10.7. The first-order valence-electron chi connectivity index (χ1n) is 12.8. The van der Waals surface area contributed by atoms with E-state index in [1.807, 2.05) is 35.8 Å². The van der Waals surface area contributed by atoms with Gasteiger partial charge in [-0.25, -0.2) is 0 Å². The van der Waals surface area contributed by atoms with Gasteiger partial charge in [-0.05, 0) is 64.4 Å². The van der Waals surface area contributed by atoms with Gasteiger partial charge in [0.05, 0.1) is 12.3 Å². The molecule has 0 N–H and O–H groups in total. The fourth-order valence-electron chi connectivity index (χ4n) is 5.11. The number of halogens is 1. The van der Waals surface area contributed by atoms with Gasteiger partial charge in [0.2, 0.25) is 11.8 Å². The van der Waals surface area contributed by atoms with Crippen molar-refractivity contribution < 1.29 is 18.8 Å². The molecule has 1 aromatic carbocycles. The van der Waals surface area contributed by atoms with Gasteiger partial charge in [0, 0.05) is 68.1 Å². The van der Waals surface area contributed by atoms with Gasteiger partial charge in [-0.15, -0.1) is 0 Å². The van der Waals surface area contributed by atoms with Gasteiger partial charge < -0.3 is 24.0 Å². The lowest BCUT2D eigenvalue weighted by atomic mass is 9.75. The molecule has 2 saturated heterocycles. The lowest BCUT2D eigenvalue weighted by molar-refractivity contribution is -0.139. The molecule has 0 aliphatic carbocycles. The van der Waals surface area contributed by atoms with E-state index in [2.05, 4.69) is 17.1 Å². The second kappa shape index (κ2) is 11.6. The number of piperidine rings is 1. The topological polar surface area (TPSA) is 79.1 Å². The van der Waals surface area contributed by atoms with Crippen molar-refractivity contribution >= 4 is 23.4 Å². The summed E-state index contributed by atoms with van der Waals surface area (Å²) in [7, 11) is 2.09. The molecule has 0 radical (unpaired) electrons. The molecule has 4 rings (SSSR count). The molecule has 196 valence electrons. The maximum atomic E-state index is 13.3. The smallest absolute Gasteiger partial charge is 0.223 e. The van der Waals surface area contributed by atoms with Crippen LogP contribution in [0.4, 0.5) is 0 Å². The predicted molar refractivity (Wildman–Crippen MR) is 138 cm³/mol. The van der Waals surface area contributed by atoms with Gasteiger partial charge in [0.25, 0.3) is 0 Å². The molecule has 0 unspecified atom stereocenters. The second-order valence-electron chi connectivity index (χ2n) is 10.3. The Hall–Kier alpha value is -2.58. The maximum Gasteiger partial charge on any atom is 0.223 e. The number of likely N-dealkylation sites (tertiary alicyclic amines) is 1. The minimum atomic E-state index is -0.307. The summed E-state index contributed by atoms with van der Waals surface area (Å²) in [5.41, 5.74) is 1.56. The summed E-state index contributed by atoms with van der Waals surface area (Å²) in [4.78, 5) is 32.4. The molecular weight excluding hydrogens is 480 g/mol. The van der Waals surface area contributed by atoms with Gasteiger partial charge in [-0.1, -0.05) is 16.8 Å². The molecule has 2 aliphatic rings. The summed E-state index contributed by atoms with van der Waals surface area (Å²) in [6.07, 6.45) is 2.96. The van der Waals surface area contributed by atoms with Crippen LogP contribution in [0.5, 0.6) is 5.75 Å². The number of carbonyl (C=O) groups excluding carboxylic acids is 2. The average Bonchev–Trinajstić information content (AvgIpc) is 3.20. The van der Waals surface area contributed by atoms with Gasteiger partial charge in [-0.2, -0.15) is 0 Å². The van der Waals surface area contributed by atoms with Crippen molar-refractivity contribution in [2.24, 2.45) is 5.41 Å². The van der Waals surface area contributed by atoms with Crippen LogP contribution in [0.25, 0.3) is 0 Å². The Labute approximate surface area is 218 Å². The van der Waals surface area contributed by atoms with Crippen LogP contribution < -0.4 is 4.74 Å². The number of ether oxygens (including phenoxy) is 1. The monoisotopic (exact) mass is 516 g/mol. The lowest BCUT2D eigenvalue weighted by Crippen LogP contribution is -2.51. The van der Waals surface area contributed by atoms with E-state index in [0.717, 1.165) is 61.8 Å². The minimum absolute atomic E-state index is 0.132. The molecule has 0 saturated carbocycles. The quantitative estimate of drug-likeness (QED) is 0.532. The van der Waals surface area contributed by atoms with E-state index in [9.17, 15) is 9.59 Å². The highest BCUT2D eigenvalue weighted by Crippen LogP contribution is 2.37. The fourth-order valence-corrected chi connectivity index (χ4v) is 5.23. The zero-order chi connectivity index (χ0) is 25.7. The van der Waals surface area contributed by atoms with Gasteiger partial charge in [-0.3, -0.25) is 9.59 Å². The zero-order valence-electron chi connectivity index (χ0n) is 21.6. The van der Waals surface area contributed by atoms with E-state index in [4.69, 9.17) is 20.9 Å². The summed E-state index contributed by atoms with van der Waals surface area (Å²) in [6, 6.07) is 7.32. The Morgan fingerprint density at radius 3 is 2.25 bits per heavy atom. The highest BCUT2D eigenvalue weighted by atomic mass is 35.5. The Bertz CT molecular complexity index is 1020. The number of aryl methyl sites for hydroxylation is 2. The van der Waals surface area contributed by atoms with Crippen molar-refractivity contribution in [3.63, 3.8) is 0 Å². The summed E-state index contributed by atoms with van der Waals surface area (Å²) < 4.78 is 11.4. The third-order valence-electron chi connectivity index (χ3n) is 7.69. The van der Waals surface area contributed by atoms with E-state index in [1.54, 1.807) is 12.1 Å². The molecule has 2 aromatic rings. The number of hydrogen-bond acceptors (Lipinski definition) is 6. The number of nitrogens with zero attached hydrogens (tertiary/aromatic N) is 4. The predicted octanol–water partition coefficient (Wildman–Crippen LogP) is 3.73. The van der Waals surface area contributed by atoms with Crippen molar-refractivity contribution in [3.8, 4) is 5.75 Å². The Balaban J connectivity index is 1.38. The molecule has 1 aromatic heterocycles. The van der Waals surface area contributed by atoms with Crippen molar-refractivity contribution in [1.29, 1.82) is 0 Å². The molecule has 8 nitrogen and oxygen atoms in total. The zero-order valence-corrected chi connectivity index (χ0v) is 22.4. The standard InChI is InChI=1S/C27H37ClN4O4/c1-20-24(21(2)36-29-20)8-9-25(33)31-12-10-27(11-13-31,19-35-23-6-4-22(28)5-7-23)18-26(34)32-16-14-30(3)15-17-32/h4-7H,8-19H2,1-3H3. The minimum Gasteiger partial charge on any atom is -0.493 e. The van der Waals surface area contributed by atoms with Crippen LogP contribution in [0.3, 0.4) is 0 Å². The highest BCUT2D eigenvalue weighted by molar-refractivity contribution is 6.30. The van der Waals surface area contributed by atoms with Gasteiger partial charge in [0.1, 0.15) is 11.5 Å². The summed E-state index contributed by atoms with van der Waals surface area (Å²) in [6.45, 7) is 8.79. The first-order valence-corrected chi connectivity index (χ1v) is 13.2. The van der Waals surface area contributed by atoms with Gasteiger partial charge in [0.15, 0.2) is 0 Å². The van der Waals surface area contributed by atoms with Crippen molar-refractivity contribution in [3.05, 3.63) is 46.3 Å². The molecule has 0 atom stereocenters. The summed E-state index contributed by atoms with van der Waals surface area (Å²) in [5, 5.41) is 4.64. The molecule has 2 fully saturated rings. The molecule has 0 bridgehead atoms. The Morgan fingerprint density at radius 2 is 1.64 bits per heavy atom. The van der Waals surface area contributed by atoms with E-state index in [0.29, 0.717) is 44.0 Å². The third-order valence-corrected chi connectivity index (χ3v) is 7.94. The number of aromatic nitrogens is 1. The van der Waals surface area contributed by atoms with E-state index >= 15 is 0 Å². The first kappa shape index (κ1) is 26.5. The largest absolute Gasteiger partial charge is 0.493 e. The first-order chi connectivity index (χ1) is 17.2. The molecule has 0 spiro atoms. The van der Waals surface area contributed by atoms with Crippen LogP contribution in [-0.4, -0.2) is 84.6 Å². The molecule has 9 heteroatoms. The Morgan fingerprint density at radius 1 is 1.00 bits per heavy atom. The molecular formula is C27H37ClN4O4. The number of benzene rings is 1. The van der Waals surface area contributed by atoms with Crippen molar-refractivity contribution in [2.45, 2.75) is 46.0 Å². The van der Waals surface area contributed by atoms with Crippen LogP contribution in [-0.2, 0) is 16.0 Å². The number of hydrogen-bond donors (Lipinski definition) is 0. The summed E-state index contributed by atoms with van der Waals surface area (Å²) >= 11 is 6.02. The van der Waals surface area contributed by atoms with Crippen molar-refractivity contribution in [1.82, 2.24) is 19.9 Å². The molecule has 2 amide bonds. The number of carbonyl (C=O) groups is 2. The SMILES string of the molecule is Cc1noc(C)c1CCC(=O)N1CCC(COc2ccc(Cl)cc2)(CC(=O)N2CCN(C)CC2)CC1. The Kier molecular flexibility index (Phi) is 8.57. The number of piperazine rings is 1.